The normalized spacial score (nSPS) is 15.2. The van der Waals surface area contributed by atoms with Crippen LogP contribution in [-0.2, 0) is 18.4 Å². The third-order valence-corrected chi connectivity index (χ3v) is 4.47. The number of fused-ring (bicyclic) bond motifs is 1. The fourth-order valence-electron chi connectivity index (χ4n) is 2.33. The number of aromatic nitrogens is 3. The van der Waals surface area contributed by atoms with Crippen LogP contribution in [0.4, 0.5) is 0 Å². The smallest absolute Gasteiger partial charge is 0.174 e. The molecule has 0 N–H and O–H groups in total. The highest BCUT2D eigenvalue weighted by Gasteiger charge is 2.22. The molecule has 0 amide bonds. The molecule has 0 bridgehead atoms. The van der Waals surface area contributed by atoms with Gasteiger partial charge in [-0.3, -0.25) is 0 Å². The molecule has 0 saturated carbocycles. The van der Waals surface area contributed by atoms with E-state index in [1.807, 2.05) is 17.7 Å². The first-order valence-corrected chi connectivity index (χ1v) is 6.90. The van der Waals surface area contributed by atoms with Crippen molar-refractivity contribution in [2.24, 2.45) is 0 Å². The van der Waals surface area contributed by atoms with Crippen LogP contribution in [0.15, 0.2) is 12.4 Å². The quantitative estimate of drug-likeness (QED) is 0.774. The molecule has 1 aliphatic rings. The van der Waals surface area contributed by atoms with Gasteiger partial charge in [-0.1, -0.05) is 0 Å². The summed E-state index contributed by atoms with van der Waals surface area (Å²) in [4.78, 5) is 2.81. The lowest BCUT2D eigenvalue weighted by Crippen LogP contribution is -2.21. The van der Waals surface area contributed by atoms with Gasteiger partial charge in [-0.25, -0.2) is 0 Å². The molecule has 90 valence electrons. The summed E-state index contributed by atoms with van der Waals surface area (Å²) in [6.45, 7) is 6.55. The molecule has 0 atom stereocenters. The standard InChI is InChI=1S/C13H17N3S/c1-13(2,3)16-8-14-15-12(16)11-7-9-5-4-6-10(9)17-11/h7-8H,4-6H2,1-3H3. The van der Waals surface area contributed by atoms with Crippen LogP contribution in [0.3, 0.4) is 0 Å². The van der Waals surface area contributed by atoms with Gasteiger partial charge in [0.25, 0.3) is 0 Å². The van der Waals surface area contributed by atoms with E-state index >= 15 is 0 Å². The van der Waals surface area contributed by atoms with Gasteiger partial charge in [-0.15, -0.1) is 21.5 Å². The van der Waals surface area contributed by atoms with Crippen molar-refractivity contribution in [2.75, 3.05) is 0 Å². The fourth-order valence-corrected chi connectivity index (χ4v) is 3.57. The summed E-state index contributed by atoms with van der Waals surface area (Å²) >= 11 is 1.89. The lowest BCUT2D eigenvalue weighted by Gasteiger charge is -2.21. The van der Waals surface area contributed by atoms with E-state index in [2.05, 4.69) is 41.6 Å². The molecule has 3 rings (SSSR count). The van der Waals surface area contributed by atoms with Crippen LogP contribution in [0.25, 0.3) is 10.7 Å². The van der Waals surface area contributed by atoms with Crippen LogP contribution < -0.4 is 0 Å². The highest BCUT2D eigenvalue weighted by atomic mass is 32.1. The molecule has 0 aromatic carbocycles. The van der Waals surface area contributed by atoms with Crippen LogP contribution in [-0.4, -0.2) is 14.8 Å². The molecule has 0 aliphatic heterocycles. The second kappa shape index (κ2) is 3.67. The third kappa shape index (κ3) is 1.80. The van der Waals surface area contributed by atoms with Gasteiger partial charge in [0.15, 0.2) is 5.82 Å². The van der Waals surface area contributed by atoms with Gasteiger partial charge in [-0.05, 0) is 51.7 Å². The number of thiophene rings is 1. The lowest BCUT2D eigenvalue weighted by atomic mass is 10.1. The van der Waals surface area contributed by atoms with E-state index < -0.39 is 0 Å². The monoisotopic (exact) mass is 247 g/mol. The summed E-state index contributed by atoms with van der Waals surface area (Å²) in [5.41, 5.74) is 1.56. The Kier molecular flexibility index (Phi) is 2.36. The summed E-state index contributed by atoms with van der Waals surface area (Å²) < 4.78 is 2.16. The van der Waals surface area contributed by atoms with Gasteiger partial charge in [0.2, 0.25) is 0 Å². The van der Waals surface area contributed by atoms with E-state index in [9.17, 15) is 0 Å². The minimum atomic E-state index is 0.0350. The first-order chi connectivity index (χ1) is 8.05. The first kappa shape index (κ1) is 11.0. The van der Waals surface area contributed by atoms with Gasteiger partial charge in [0, 0.05) is 10.4 Å². The van der Waals surface area contributed by atoms with E-state index in [1.165, 1.54) is 29.7 Å². The van der Waals surface area contributed by atoms with Crippen molar-refractivity contribution >= 4 is 11.3 Å². The van der Waals surface area contributed by atoms with E-state index in [4.69, 9.17) is 0 Å². The molecule has 3 nitrogen and oxygen atoms in total. The van der Waals surface area contributed by atoms with E-state index in [1.54, 1.807) is 4.88 Å². The SMILES string of the molecule is CC(C)(C)n1cnnc1-c1cc2c(s1)CCC2. The van der Waals surface area contributed by atoms with Crippen LogP contribution in [0, 0.1) is 0 Å². The largest absolute Gasteiger partial charge is 0.308 e. The van der Waals surface area contributed by atoms with E-state index in [0.29, 0.717) is 0 Å². The lowest BCUT2D eigenvalue weighted by molar-refractivity contribution is 0.400. The maximum atomic E-state index is 4.29. The average molecular weight is 247 g/mol. The maximum absolute atomic E-state index is 4.29. The zero-order chi connectivity index (χ0) is 12.0. The summed E-state index contributed by atoms with van der Waals surface area (Å²) in [7, 11) is 0. The zero-order valence-corrected chi connectivity index (χ0v) is 11.3. The molecule has 2 aromatic heterocycles. The minimum Gasteiger partial charge on any atom is -0.308 e. The predicted molar refractivity (Wildman–Crippen MR) is 70.4 cm³/mol. The van der Waals surface area contributed by atoms with Crippen molar-refractivity contribution in [1.82, 2.24) is 14.8 Å². The van der Waals surface area contributed by atoms with Crippen LogP contribution in [0.1, 0.15) is 37.6 Å². The van der Waals surface area contributed by atoms with Crippen LogP contribution >= 0.6 is 11.3 Å². The Labute approximate surface area is 106 Å². The highest BCUT2D eigenvalue weighted by molar-refractivity contribution is 7.15. The highest BCUT2D eigenvalue weighted by Crippen LogP contribution is 2.36. The zero-order valence-electron chi connectivity index (χ0n) is 10.5. The Morgan fingerprint density at radius 3 is 2.82 bits per heavy atom. The molecular weight excluding hydrogens is 230 g/mol. The Bertz CT molecular complexity index is 524. The molecule has 0 unspecified atom stereocenters. The summed E-state index contributed by atoms with van der Waals surface area (Å²) in [6, 6.07) is 2.30. The predicted octanol–water partition coefficient (Wildman–Crippen LogP) is 3.25. The molecule has 17 heavy (non-hydrogen) atoms. The average Bonchev–Trinajstić information content (AvgIpc) is 2.89. The van der Waals surface area contributed by atoms with Crippen molar-refractivity contribution < 1.29 is 0 Å². The van der Waals surface area contributed by atoms with Crippen molar-refractivity contribution in [3.05, 3.63) is 22.8 Å². The number of hydrogen-bond acceptors (Lipinski definition) is 3. The van der Waals surface area contributed by atoms with Crippen molar-refractivity contribution in [2.45, 2.75) is 45.6 Å². The molecule has 2 aromatic rings. The number of rotatable bonds is 1. The van der Waals surface area contributed by atoms with Gasteiger partial charge in [0.1, 0.15) is 6.33 Å². The Hall–Kier alpha value is -1.16. The molecule has 0 fully saturated rings. The number of nitrogens with zero attached hydrogens (tertiary/aromatic N) is 3. The van der Waals surface area contributed by atoms with Crippen LogP contribution in [0.5, 0.6) is 0 Å². The third-order valence-electron chi connectivity index (χ3n) is 3.24. The topological polar surface area (TPSA) is 30.7 Å². The fraction of sp³-hybridized carbons (Fsp3) is 0.538. The number of aryl methyl sites for hydroxylation is 2. The summed E-state index contributed by atoms with van der Waals surface area (Å²) in [5, 5.41) is 8.36. The van der Waals surface area contributed by atoms with E-state index in [-0.39, 0.29) is 5.54 Å². The second-order valence-corrected chi connectivity index (χ2v) is 6.74. The Morgan fingerprint density at radius 2 is 2.12 bits per heavy atom. The summed E-state index contributed by atoms with van der Waals surface area (Å²) in [5.74, 6) is 1.01. The Morgan fingerprint density at radius 1 is 1.29 bits per heavy atom. The molecule has 0 radical (unpaired) electrons. The van der Waals surface area contributed by atoms with E-state index in [0.717, 1.165) is 5.82 Å². The van der Waals surface area contributed by atoms with Crippen LogP contribution in [0.2, 0.25) is 0 Å². The Balaban J connectivity index is 2.07. The van der Waals surface area contributed by atoms with Gasteiger partial charge in [0.05, 0.1) is 4.88 Å². The number of hydrogen-bond donors (Lipinski definition) is 0. The second-order valence-electron chi connectivity index (χ2n) is 5.61. The first-order valence-electron chi connectivity index (χ1n) is 6.08. The molecule has 2 heterocycles. The molecule has 1 aliphatic carbocycles. The summed E-state index contributed by atoms with van der Waals surface area (Å²) in [6.07, 6.45) is 5.62. The van der Waals surface area contributed by atoms with Gasteiger partial charge in [-0.2, -0.15) is 0 Å². The molecular formula is C13H17N3S. The molecule has 4 heteroatoms. The van der Waals surface area contributed by atoms with Gasteiger partial charge < -0.3 is 4.57 Å². The van der Waals surface area contributed by atoms with Crippen molar-refractivity contribution in [3.8, 4) is 10.7 Å². The van der Waals surface area contributed by atoms with Crippen molar-refractivity contribution in [1.29, 1.82) is 0 Å². The minimum absolute atomic E-state index is 0.0350. The maximum Gasteiger partial charge on any atom is 0.174 e. The van der Waals surface area contributed by atoms with Gasteiger partial charge >= 0.3 is 0 Å². The molecule has 0 saturated heterocycles. The molecule has 0 spiro atoms. The van der Waals surface area contributed by atoms with Crippen molar-refractivity contribution in [3.63, 3.8) is 0 Å².